The average Bonchev–Trinajstić information content (AvgIpc) is 3.38. The number of likely N-dealkylation sites (tertiary alicyclic amines) is 1. The Hall–Kier alpha value is -1.73. The predicted molar refractivity (Wildman–Crippen MR) is 122 cm³/mol. The number of hydrogen-bond donors (Lipinski definition) is 0. The summed E-state index contributed by atoms with van der Waals surface area (Å²) < 4.78 is 9.19. The average molecular weight is 445 g/mol. The number of hydrogen-bond acceptors (Lipinski definition) is 5. The van der Waals surface area contributed by atoms with Crippen molar-refractivity contribution < 1.29 is 4.74 Å². The first-order valence-electron chi connectivity index (χ1n) is 10.8. The molecule has 1 fully saturated rings. The van der Waals surface area contributed by atoms with Gasteiger partial charge in [0.15, 0.2) is 0 Å². The van der Waals surface area contributed by atoms with Gasteiger partial charge in [-0.25, -0.2) is 0 Å². The lowest BCUT2D eigenvalue weighted by Gasteiger charge is -2.43. The zero-order valence-corrected chi connectivity index (χ0v) is 19.3. The van der Waals surface area contributed by atoms with Crippen molar-refractivity contribution in [3.05, 3.63) is 68.9 Å². The van der Waals surface area contributed by atoms with Crippen molar-refractivity contribution in [2.24, 2.45) is 0 Å². The van der Waals surface area contributed by atoms with Gasteiger partial charge in [0.25, 0.3) is 0 Å². The largest absolute Gasteiger partial charge is 0.369 e. The van der Waals surface area contributed by atoms with Crippen LogP contribution in [-0.2, 0) is 29.8 Å². The molecule has 0 bridgehead atoms. The standard InChI is InChI=1S/C21H23ClN4OS.C2H6/c22-19-10-18-3-9-27-21(20(18)28-19)4-7-25(8-5-21)13-17-12-24-26(15-17)14-16-2-1-6-23-11-16;1-2/h1-2,6,10-12,15H,3-5,7-9,13-14H2;1-2H3. The Morgan fingerprint density at radius 2 is 2.00 bits per heavy atom. The Morgan fingerprint density at radius 3 is 2.77 bits per heavy atom. The highest BCUT2D eigenvalue weighted by molar-refractivity contribution is 7.16. The first-order chi connectivity index (χ1) is 14.7. The summed E-state index contributed by atoms with van der Waals surface area (Å²) >= 11 is 8.00. The molecule has 0 N–H and O–H groups in total. The van der Waals surface area contributed by atoms with E-state index >= 15 is 0 Å². The van der Waals surface area contributed by atoms with Crippen LogP contribution in [0, 0.1) is 0 Å². The molecular weight excluding hydrogens is 416 g/mol. The molecule has 5 heterocycles. The molecule has 7 heteroatoms. The summed E-state index contributed by atoms with van der Waals surface area (Å²) in [6.07, 6.45) is 10.9. The smallest absolute Gasteiger partial charge is 0.105 e. The van der Waals surface area contributed by atoms with Gasteiger partial charge in [-0.3, -0.25) is 14.6 Å². The Bertz CT molecular complexity index is 947. The fraction of sp³-hybridized carbons (Fsp3) is 0.478. The third kappa shape index (κ3) is 4.62. The molecule has 5 nitrogen and oxygen atoms in total. The van der Waals surface area contributed by atoms with Crippen molar-refractivity contribution >= 4 is 22.9 Å². The molecule has 0 radical (unpaired) electrons. The van der Waals surface area contributed by atoms with Gasteiger partial charge in [0, 0.05) is 48.7 Å². The fourth-order valence-corrected chi connectivity index (χ4v) is 5.84. The molecule has 0 saturated carbocycles. The second-order valence-electron chi connectivity index (χ2n) is 7.68. The molecule has 0 amide bonds. The van der Waals surface area contributed by atoms with E-state index in [-0.39, 0.29) is 5.60 Å². The molecule has 1 spiro atoms. The number of pyridine rings is 1. The van der Waals surface area contributed by atoms with Crippen molar-refractivity contribution in [2.45, 2.75) is 51.8 Å². The van der Waals surface area contributed by atoms with Crippen molar-refractivity contribution in [1.29, 1.82) is 0 Å². The molecule has 0 aromatic carbocycles. The second kappa shape index (κ2) is 9.60. The zero-order chi connectivity index (χ0) is 21.0. The minimum absolute atomic E-state index is 0.119. The molecule has 2 aliphatic rings. The maximum absolute atomic E-state index is 6.32. The van der Waals surface area contributed by atoms with E-state index in [2.05, 4.69) is 33.3 Å². The summed E-state index contributed by atoms with van der Waals surface area (Å²) in [6, 6.07) is 6.17. The van der Waals surface area contributed by atoms with E-state index in [4.69, 9.17) is 16.3 Å². The van der Waals surface area contributed by atoms with Gasteiger partial charge in [-0.05, 0) is 42.5 Å². The van der Waals surface area contributed by atoms with Gasteiger partial charge in [0.2, 0.25) is 0 Å². The molecule has 5 rings (SSSR count). The van der Waals surface area contributed by atoms with Crippen LogP contribution >= 0.6 is 22.9 Å². The maximum Gasteiger partial charge on any atom is 0.105 e. The first kappa shape index (κ1) is 21.5. The minimum Gasteiger partial charge on any atom is -0.369 e. The number of aromatic nitrogens is 3. The van der Waals surface area contributed by atoms with Gasteiger partial charge in [-0.1, -0.05) is 31.5 Å². The van der Waals surface area contributed by atoms with Crippen LogP contribution in [0.1, 0.15) is 48.3 Å². The molecule has 0 aliphatic carbocycles. The number of piperidine rings is 1. The van der Waals surface area contributed by atoms with Crippen LogP contribution in [-0.4, -0.2) is 39.4 Å². The Morgan fingerprint density at radius 1 is 1.17 bits per heavy atom. The predicted octanol–water partition coefficient (Wildman–Crippen LogP) is 5.13. The van der Waals surface area contributed by atoms with Crippen LogP contribution < -0.4 is 0 Å². The molecule has 3 aromatic heterocycles. The number of rotatable bonds is 4. The lowest BCUT2D eigenvalue weighted by molar-refractivity contribution is -0.0960. The molecule has 0 atom stereocenters. The minimum atomic E-state index is -0.119. The first-order valence-corrected chi connectivity index (χ1v) is 11.9. The van der Waals surface area contributed by atoms with Gasteiger partial charge in [0.1, 0.15) is 5.60 Å². The lowest BCUT2D eigenvalue weighted by Crippen LogP contribution is -2.45. The van der Waals surface area contributed by atoms with Gasteiger partial charge < -0.3 is 4.74 Å². The van der Waals surface area contributed by atoms with Crippen molar-refractivity contribution in [1.82, 2.24) is 19.7 Å². The van der Waals surface area contributed by atoms with Gasteiger partial charge in [-0.2, -0.15) is 5.10 Å². The van der Waals surface area contributed by atoms with Gasteiger partial charge in [-0.15, -0.1) is 11.3 Å². The summed E-state index contributed by atoms with van der Waals surface area (Å²) in [7, 11) is 0. The monoisotopic (exact) mass is 444 g/mol. The van der Waals surface area contributed by atoms with Gasteiger partial charge in [0.05, 0.1) is 23.7 Å². The Kier molecular flexibility index (Phi) is 6.88. The maximum atomic E-state index is 6.32. The summed E-state index contributed by atoms with van der Waals surface area (Å²) in [5, 5.41) is 4.52. The Balaban J connectivity index is 0.00000106. The number of ether oxygens (including phenoxy) is 1. The van der Waals surface area contributed by atoms with Crippen molar-refractivity contribution in [3.8, 4) is 0 Å². The summed E-state index contributed by atoms with van der Waals surface area (Å²) in [4.78, 5) is 8.04. The molecule has 160 valence electrons. The molecule has 2 aliphatic heterocycles. The van der Waals surface area contributed by atoms with E-state index in [9.17, 15) is 0 Å². The molecule has 30 heavy (non-hydrogen) atoms. The normalized spacial score (nSPS) is 18.0. The third-order valence-corrected chi connectivity index (χ3v) is 7.26. The highest BCUT2D eigenvalue weighted by atomic mass is 35.5. The van der Waals surface area contributed by atoms with E-state index in [0.29, 0.717) is 0 Å². The SMILES string of the molecule is CC.Clc1cc2c(s1)C1(CCN(Cc3cnn(Cc4cccnc4)c3)CC1)OCC2. The van der Waals surface area contributed by atoms with Crippen LogP contribution in [0.3, 0.4) is 0 Å². The summed E-state index contributed by atoms with van der Waals surface area (Å²) in [6.45, 7) is 8.56. The quantitative estimate of drug-likeness (QED) is 0.559. The molecular formula is C23H29ClN4OS. The Labute approximate surface area is 187 Å². The van der Waals surface area contributed by atoms with Crippen molar-refractivity contribution in [3.63, 3.8) is 0 Å². The number of thiophene rings is 1. The van der Waals surface area contributed by atoms with E-state index in [1.807, 2.05) is 37.0 Å². The van der Waals surface area contributed by atoms with E-state index in [0.717, 1.165) is 61.9 Å². The van der Waals surface area contributed by atoms with Crippen LogP contribution in [0.2, 0.25) is 4.34 Å². The van der Waals surface area contributed by atoms with Crippen LogP contribution in [0.5, 0.6) is 0 Å². The highest BCUT2D eigenvalue weighted by Crippen LogP contribution is 2.46. The topological polar surface area (TPSA) is 43.2 Å². The third-order valence-electron chi connectivity index (χ3n) is 5.77. The summed E-state index contributed by atoms with van der Waals surface area (Å²) in [5.74, 6) is 0. The van der Waals surface area contributed by atoms with Crippen molar-refractivity contribution in [2.75, 3.05) is 19.7 Å². The van der Waals surface area contributed by atoms with Crippen LogP contribution in [0.4, 0.5) is 0 Å². The highest BCUT2D eigenvalue weighted by Gasteiger charge is 2.42. The lowest BCUT2D eigenvalue weighted by atomic mass is 9.85. The van der Waals surface area contributed by atoms with E-state index in [1.165, 1.54) is 16.0 Å². The van der Waals surface area contributed by atoms with E-state index < -0.39 is 0 Å². The molecule has 0 unspecified atom stereocenters. The number of fused-ring (bicyclic) bond motifs is 2. The second-order valence-corrected chi connectivity index (χ2v) is 9.36. The van der Waals surface area contributed by atoms with E-state index in [1.54, 1.807) is 17.5 Å². The molecule has 1 saturated heterocycles. The van der Waals surface area contributed by atoms with Gasteiger partial charge >= 0.3 is 0 Å². The molecule has 3 aromatic rings. The zero-order valence-electron chi connectivity index (χ0n) is 17.7. The van der Waals surface area contributed by atoms with Crippen LogP contribution in [0.15, 0.2) is 43.0 Å². The number of halogens is 1. The summed E-state index contributed by atoms with van der Waals surface area (Å²) in [5.41, 5.74) is 3.69. The fourth-order valence-electron chi connectivity index (χ4n) is 4.34. The number of nitrogens with zero attached hydrogens (tertiary/aromatic N) is 4. The van der Waals surface area contributed by atoms with Crippen LogP contribution in [0.25, 0.3) is 0 Å².